The molecule has 0 spiro atoms. The first-order valence-electron chi connectivity index (χ1n) is 6.52. The summed E-state index contributed by atoms with van der Waals surface area (Å²) >= 11 is 1.66. The van der Waals surface area contributed by atoms with Gasteiger partial charge in [0, 0.05) is 36.9 Å². The lowest BCUT2D eigenvalue weighted by atomic mass is 10.3. The Morgan fingerprint density at radius 1 is 1.32 bits per heavy atom. The molecule has 0 aromatic carbocycles. The molecular weight excluding hydrogens is 258 g/mol. The van der Waals surface area contributed by atoms with Crippen molar-refractivity contribution in [2.45, 2.75) is 26.8 Å². The number of thiazole rings is 1. The van der Waals surface area contributed by atoms with Crippen LogP contribution in [0.15, 0.2) is 24.0 Å². The zero-order valence-corrected chi connectivity index (χ0v) is 11.9. The molecule has 3 aromatic heterocycles. The van der Waals surface area contributed by atoms with E-state index in [1.54, 1.807) is 11.3 Å². The fourth-order valence-corrected chi connectivity index (χ4v) is 2.94. The highest BCUT2D eigenvalue weighted by Crippen LogP contribution is 2.21. The van der Waals surface area contributed by atoms with Crippen LogP contribution < -0.4 is 5.32 Å². The molecule has 3 aromatic rings. The van der Waals surface area contributed by atoms with Crippen LogP contribution in [-0.2, 0) is 13.0 Å². The van der Waals surface area contributed by atoms with Crippen LogP contribution >= 0.6 is 11.3 Å². The van der Waals surface area contributed by atoms with Crippen molar-refractivity contribution in [2.24, 2.45) is 0 Å². The van der Waals surface area contributed by atoms with Gasteiger partial charge in [0.2, 0.25) is 0 Å². The summed E-state index contributed by atoms with van der Waals surface area (Å²) < 4.78 is 4.24. The molecule has 3 heterocycles. The number of hydrogen-bond donors (Lipinski definition) is 1. The monoisotopic (exact) mass is 275 g/mol. The first kappa shape index (κ1) is 12.4. The maximum atomic E-state index is 4.74. The number of hydrogen-bond acceptors (Lipinski definition) is 4. The number of nitrogens with one attached hydrogen (secondary N) is 1. The van der Waals surface area contributed by atoms with Gasteiger partial charge in [-0.1, -0.05) is 13.8 Å². The predicted octanol–water partition coefficient (Wildman–Crippen LogP) is 2.25. The molecule has 0 radical (unpaired) electrons. The Bertz CT molecular complexity index is 678. The summed E-state index contributed by atoms with van der Waals surface area (Å²) in [6.07, 6.45) is 6.80. The standard InChI is InChI=1S/C13H17N5S/c1-3-11-15-5-6-18(11)12-10(9-14-4-2)17-7-8-19-13(17)16-12/h5-8,14H,3-4,9H2,1-2H3. The molecule has 0 fully saturated rings. The van der Waals surface area contributed by atoms with E-state index in [-0.39, 0.29) is 0 Å². The van der Waals surface area contributed by atoms with E-state index in [4.69, 9.17) is 4.98 Å². The third kappa shape index (κ3) is 2.06. The first-order chi connectivity index (χ1) is 9.35. The molecule has 1 N–H and O–H groups in total. The van der Waals surface area contributed by atoms with Gasteiger partial charge in [-0.05, 0) is 6.54 Å². The van der Waals surface area contributed by atoms with Crippen molar-refractivity contribution in [3.63, 3.8) is 0 Å². The third-order valence-corrected chi connectivity index (χ3v) is 3.90. The molecule has 100 valence electrons. The van der Waals surface area contributed by atoms with E-state index in [9.17, 15) is 0 Å². The van der Waals surface area contributed by atoms with Crippen LogP contribution in [0.4, 0.5) is 0 Å². The second kappa shape index (κ2) is 5.14. The van der Waals surface area contributed by atoms with Crippen molar-refractivity contribution < 1.29 is 0 Å². The molecular formula is C13H17N5S. The van der Waals surface area contributed by atoms with Crippen molar-refractivity contribution in [1.29, 1.82) is 0 Å². The summed E-state index contributed by atoms with van der Waals surface area (Å²) in [5.74, 6) is 2.03. The molecule has 19 heavy (non-hydrogen) atoms. The van der Waals surface area contributed by atoms with Crippen LogP contribution in [0, 0.1) is 0 Å². The zero-order valence-electron chi connectivity index (χ0n) is 11.1. The first-order valence-corrected chi connectivity index (χ1v) is 7.40. The second-order valence-corrected chi connectivity index (χ2v) is 5.16. The highest BCUT2D eigenvalue weighted by atomic mass is 32.1. The normalized spacial score (nSPS) is 11.5. The van der Waals surface area contributed by atoms with Gasteiger partial charge < -0.3 is 5.32 Å². The molecule has 0 aliphatic rings. The molecule has 0 atom stereocenters. The Kier molecular flexibility index (Phi) is 3.35. The molecule has 3 rings (SSSR count). The minimum Gasteiger partial charge on any atom is -0.311 e. The van der Waals surface area contributed by atoms with E-state index in [1.165, 1.54) is 5.69 Å². The van der Waals surface area contributed by atoms with Gasteiger partial charge in [-0.2, -0.15) is 0 Å². The highest BCUT2D eigenvalue weighted by molar-refractivity contribution is 7.15. The molecule has 0 aliphatic heterocycles. The summed E-state index contributed by atoms with van der Waals surface area (Å²) in [6.45, 7) is 5.98. The molecule has 0 unspecified atom stereocenters. The SMILES string of the molecule is CCNCc1c(-n2ccnc2CC)nc2sccn12. The fraction of sp³-hybridized carbons (Fsp3) is 0.385. The van der Waals surface area contributed by atoms with Gasteiger partial charge in [0.15, 0.2) is 10.8 Å². The lowest BCUT2D eigenvalue weighted by molar-refractivity contribution is 0.698. The van der Waals surface area contributed by atoms with Gasteiger partial charge in [-0.25, -0.2) is 9.97 Å². The van der Waals surface area contributed by atoms with E-state index >= 15 is 0 Å². The van der Waals surface area contributed by atoms with Gasteiger partial charge in [0.05, 0.1) is 5.69 Å². The van der Waals surface area contributed by atoms with Crippen molar-refractivity contribution in [1.82, 2.24) is 24.3 Å². The Morgan fingerprint density at radius 2 is 2.21 bits per heavy atom. The summed E-state index contributed by atoms with van der Waals surface area (Å²) in [5, 5.41) is 5.45. The van der Waals surface area contributed by atoms with E-state index in [1.807, 2.05) is 12.4 Å². The van der Waals surface area contributed by atoms with Crippen LogP contribution in [0.25, 0.3) is 10.8 Å². The van der Waals surface area contributed by atoms with Crippen molar-refractivity contribution in [2.75, 3.05) is 6.54 Å². The summed E-state index contributed by atoms with van der Waals surface area (Å²) in [6, 6.07) is 0. The fourth-order valence-electron chi connectivity index (χ4n) is 2.21. The zero-order chi connectivity index (χ0) is 13.2. The third-order valence-electron chi connectivity index (χ3n) is 3.14. The van der Waals surface area contributed by atoms with E-state index < -0.39 is 0 Å². The summed E-state index contributed by atoms with van der Waals surface area (Å²) in [5.41, 5.74) is 1.19. The number of aryl methyl sites for hydroxylation is 1. The number of aromatic nitrogens is 4. The Hall–Kier alpha value is -1.66. The minimum atomic E-state index is 0.811. The van der Waals surface area contributed by atoms with Crippen molar-refractivity contribution in [3.05, 3.63) is 35.5 Å². The average Bonchev–Trinajstić information content (AvgIpc) is 3.11. The van der Waals surface area contributed by atoms with Crippen molar-refractivity contribution >= 4 is 16.3 Å². The van der Waals surface area contributed by atoms with Crippen LogP contribution in [0.1, 0.15) is 25.4 Å². The number of nitrogens with zero attached hydrogens (tertiary/aromatic N) is 4. The Balaban J connectivity index is 2.13. The van der Waals surface area contributed by atoms with Gasteiger partial charge in [-0.15, -0.1) is 11.3 Å². The van der Waals surface area contributed by atoms with Crippen LogP contribution in [0.5, 0.6) is 0 Å². The quantitative estimate of drug-likeness (QED) is 0.777. The van der Waals surface area contributed by atoms with Crippen LogP contribution in [-0.4, -0.2) is 25.5 Å². The van der Waals surface area contributed by atoms with E-state index in [0.717, 1.165) is 36.1 Å². The molecule has 0 amide bonds. The van der Waals surface area contributed by atoms with E-state index in [0.29, 0.717) is 0 Å². The summed E-state index contributed by atoms with van der Waals surface area (Å²) in [4.78, 5) is 10.2. The maximum absolute atomic E-state index is 4.74. The topological polar surface area (TPSA) is 47.2 Å². The lowest BCUT2D eigenvalue weighted by Crippen LogP contribution is -2.15. The summed E-state index contributed by atoms with van der Waals surface area (Å²) in [7, 11) is 0. The van der Waals surface area contributed by atoms with Crippen LogP contribution in [0.2, 0.25) is 0 Å². The van der Waals surface area contributed by atoms with Crippen molar-refractivity contribution in [3.8, 4) is 5.82 Å². The largest absolute Gasteiger partial charge is 0.311 e. The number of rotatable bonds is 5. The van der Waals surface area contributed by atoms with Gasteiger partial charge in [0.1, 0.15) is 5.82 Å². The van der Waals surface area contributed by atoms with Gasteiger partial charge in [-0.3, -0.25) is 8.97 Å². The van der Waals surface area contributed by atoms with Gasteiger partial charge >= 0.3 is 0 Å². The average molecular weight is 275 g/mol. The Morgan fingerprint density at radius 3 is 3.00 bits per heavy atom. The van der Waals surface area contributed by atoms with Crippen LogP contribution in [0.3, 0.4) is 0 Å². The minimum absolute atomic E-state index is 0.811. The maximum Gasteiger partial charge on any atom is 0.195 e. The molecule has 0 aliphatic carbocycles. The van der Waals surface area contributed by atoms with Gasteiger partial charge in [0.25, 0.3) is 0 Å². The second-order valence-electron chi connectivity index (χ2n) is 4.29. The molecule has 0 saturated heterocycles. The predicted molar refractivity (Wildman–Crippen MR) is 76.9 cm³/mol. The smallest absolute Gasteiger partial charge is 0.195 e. The molecule has 6 heteroatoms. The molecule has 0 saturated carbocycles. The number of imidazole rings is 2. The lowest BCUT2D eigenvalue weighted by Gasteiger charge is -2.07. The molecule has 0 bridgehead atoms. The molecule has 5 nitrogen and oxygen atoms in total. The Labute approximate surface area is 115 Å². The van der Waals surface area contributed by atoms with E-state index in [2.05, 4.69) is 44.7 Å². The number of fused-ring (bicyclic) bond motifs is 1. The highest BCUT2D eigenvalue weighted by Gasteiger charge is 2.16.